The first kappa shape index (κ1) is 20.5. The number of hydrogen-bond donors (Lipinski definition) is 0. The first-order valence-electron chi connectivity index (χ1n) is 9.73. The van der Waals surface area contributed by atoms with Gasteiger partial charge in [0.2, 0.25) is 5.91 Å². The van der Waals surface area contributed by atoms with E-state index in [0.717, 1.165) is 48.9 Å². The molecular weight excluding hydrogens is 374 g/mol. The molecule has 0 bridgehead atoms. The van der Waals surface area contributed by atoms with Crippen LogP contribution in [-0.4, -0.2) is 59.4 Å². The van der Waals surface area contributed by atoms with Gasteiger partial charge in [-0.2, -0.15) is 0 Å². The van der Waals surface area contributed by atoms with Crippen molar-refractivity contribution in [2.24, 2.45) is 0 Å². The van der Waals surface area contributed by atoms with Gasteiger partial charge in [-0.1, -0.05) is 18.2 Å². The van der Waals surface area contributed by atoms with E-state index in [1.807, 2.05) is 24.0 Å². The number of carbonyl (C=O) groups is 2. The van der Waals surface area contributed by atoms with E-state index in [-0.39, 0.29) is 18.3 Å². The SMILES string of the molecule is CCOC(=O)c1ccccc1CC(=O)N1CCCN(Cc2csc(C)n2)CC1. The summed E-state index contributed by atoms with van der Waals surface area (Å²) in [6.45, 7) is 8.19. The molecule has 2 aromatic rings. The van der Waals surface area contributed by atoms with Gasteiger partial charge in [-0.15, -0.1) is 11.3 Å². The molecule has 0 N–H and O–H groups in total. The van der Waals surface area contributed by atoms with Gasteiger partial charge in [-0.3, -0.25) is 9.69 Å². The number of esters is 1. The van der Waals surface area contributed by atoms with Crippen LogP contribution >= 0.6 is 11.3 Å². The molecule has 0 saturated carbocycles. The largest absolute Gasteiger partial charge is 0.462 e. The Morgan fingerprint density at radius 3 is 2.75 bits per heavy atom. The van der Waals surface area contributed by atoms with Crippen LogP contribution in [0, 0.1) is 6.92 Å². The topological polar surface area (TPSA) is 62.7 Å². The maximum atomic E-state index is 12.9. The van der Waals surface area contributed by atoms with Crippen LogP contribution in [0.3, 0.4) is 0 Å². The van der Waals surface area contributed by atoms with E-state index in [1.54, 1.807) is 30.4 Å². The third-order valence-corrected chi connectivity index (χ3v) is 5.67. The molecule has 3 rings (SSSR count). The number of amides is 1. The molecule has 6 nitrogen and oxygen atoms in total. The fourth-order valence-corrected chi connectivity index (χ4v) is 4.05. The van der Waals surface area contributed by atoms with Crippen molar-refractivity contribution in [2.45, 2.75) is 33.2 Å². The Hall–Kier alpha value is -2.25. The highest BCUT2D eigenvalue weighted by Gasteiger charge is 2.22. The van der Waals surface area contributed by atoms with Gasteiger partial charge in [-0.05, 0) is 31.9 Å². The highest BCUT2D eigenvalue weighted by molar-refractivity contribution is 7.09. The minimum atomic E-state index is -0.369. The molecular formula is C21H27N3O3S. The second-order valence-electron chi connectivity index (χ2n) is 6.92. The van der Waals surface area contributed by atoms with Crippen LogP contribution in [0.5, 0.6) is 0 Å². The van der Waals surface area contributed by atoms with Gasteiger partial charge in [0.25, 0.3) is 0 Å². The molecule has 1 aromatic heterocycles. The first-order valence-corrected chi connectivity index (χ1v) is 10.6. The number of aryl methyl sites for hydroxylation is 1. The monoisotopic (exact) mass is 401 g/mol. The molecule has 150 valence electrons. The third kappa shape index (κ3) is 5.39. The number of thiazole rings is 1. The molecule has 0 spiro atoms. The molecule has 0 aliphatic carbocycles. The lowest BCUT2D eigenvalue weighted by Gasteiger charge is -2.22. The Morgan fingerprint density at radius 2 is 2.00 bits per heavy atom. The molecule has 0 radical (unpaired) electrons. The van der Waals surface area contributed by atoms with E-state index in [4.69, 9.17) is 4.74 Å². The number of rotatable bonds is 6. The van der Waals surface area contributed by atoms with E-state index in [2.05, 4.69) is 15.3 Å². The normalized spacial score (nSPS) is 15.3. The Morgan fingerprint density at radius 1 is 1.18 bits per heavy atom. The summed E-state index contributed by atoms with van der Waals surface area (Å²) in [5, 5.41) is 3.19. The van der Waals surface area contributed by atoms with Crippen molar-refractivity contribution < 1.29 is 14.3 Å². The van der Waals surface area contributed by atoms with Gasteiger partial charge in [-0.25, -0.2) is 9.78 Å². The van der Waals surface area contributed by atoms with Crippen molar-refractivity contribution in [1.29, 1.82) is 0 Å². The molecule has 0 atom stereocenters. The minimum Gasteiger partial charge on any atom is -0.462 e. The lowest BCUT2D eigenvalue weighted by atomic mass is 10.0. The zero-order valence-electron chi connectivity index (χ0n) is 16.5. The van der Waals surface area contributed by atoms with Crippen molar-refractivity contribution in [1.82, 2.24) is 14.8 Å². The van der Waals surface area contributed by atoms with Crippen molar-refractivity contribution in [3.63, 3.8) is 0 Å². The molecule has 1 saturated heterocycles. The predicted octanol–water partition coefficient (Wildman–Crippen LogP) is 2.91. The second kappa shape index (κ2) is 9.80. The Bertz CT molecular complexity index is 821. The summed E-state index contributed by atoms with van der Waals surface area (Å²) in [5.41, 5.74) is 2.31. The summed E-state index contributed by atoms with van der Waals surface area (Å²) >= 11 is 1.67. The van der Waals surface area contributed by atoms with Crippen molar-refractivity contribution in [3.8, 4) is 0 Å². The molecule has 2 heterocycles. The molecule has 1 amide bonds. The van der Waals surface area contributed by atoms with Crippen LogP contribution in [0.4, 0.5) is 0 Å². The van der Waals surface area contributed by atoms with Crippen LogP contribution < -0.4 is 0 Å². The molecule has 7 heteroatoms. The van der Waals surface area contributed by atoms with Crippen LogP contribution in [-0.2, 0) is 22.5 Å². The summed E-state index contributed by atoms with van der Waals surface area (Å²) in [5.74, 6) is -0.311. The van der Waals surface area contributed by atoms with Gasteiger partial charge in [0.1, 0.15) is 0 Å². The Balaban J connectivity index is 1.59. The van der Waals surface area contributed by atoms with Crippen LogP contribution in [0.1, 0.15) is 40.0 Å². The summed E-state index contributed by atoms with van der Waals surface area (Å²) in [6, 6.07) is 7.20. The molecule has 0 unspecified atom stereocenters. The fraction of sp³-hybridized carbons (Fsp3) is 0.476. The number of ether oxygens (including phenoxy) is 1. The average molecular weight is 402 g/mol. The predicted molar refractivity (Wildman–Crippen MR) is 109 cm³/mol. The highest BCUT2D eigenvalue weighted by atomic mass is 32.1. The maximum absolute atomic E-state index is 12.9. The number of benzene rings is 1. The van der Waals surface area contributed by atoms with Crippen molar-refractivity contribution in [3.05, 3.63) is 51.5 Å². The van der Waals surface area contributed by atoms with Crippen molar-refractivity contribution >= 4 is 23.2 Å². The molecule has 1 aromatic carbocycles. The number of aromatic nitrogens is 1. The maximum Gasteiger partial charge on any atom is 0.338 e. The zero-order valence-corrected chi connectivity index (χ0v) is 17.3. The summed E-state index contributed by atoms with van der Waals surface area (Å²) in [6.07, 6.45) is 1.16. The van der Waals surface area contributed by atoms with E-state index < -0.39 is 0 Å². The van der Waals surface area contributed by atoms with Crippen molar-refractivity contribution in [2.75, 3.05) is 32.8 Å². The lowest BCUT2D eigenvalue weighted by Crippen LogP contribution is -2.36. The first-order chi connectivity index (χ1) is 13.6. The molecule has 1 fully saturated rings. The second-order valence-corrected chi connectivity index (χ2v) is 7.98. The summed E-state index contributed by atoms with van der Waals surface area (Å²) < 4.78 is 5.11. The summed E-state index contributed by atoms with van der Waals surface area (Å²) in [4.78, 5) is 33.8. The number of carbonyl (C=O) groups excluding carboxylic acids is 2. The quantitative estimate of drug-likeness (QED) is 0.697. The Labute approximate surface area is 170 Å². The smallest absolute Gasteiger partial charge is 0.338 e. The lowest BCUT2D eigenvalue weighted by molar-refractivity contribution is -0.130. The third-order valence-electron chi connectivity index (χ3n) is 4.85. The van der Waals surface area contributed by atoms with E-state index in [1.165, 1.54) is 0 Å². The van der Waals surface area contributed by atoms with Gasteiger partial charge in [0, 0.05) is 38.1 Å². The highest BCUT2D eigenvalue weighted by Crippen LogP contribution is 2.15. The van der Waals surface area contributed by atoms with E-state index >= 15 is 0 Å². The molecule has 28 heavy (non-hydrogen) atoms. The van der Waals surface area contributed by atoms with Crippen LogP contribution in [0.15, 0.2) is 29.6 Å². The average Bonchev–Trinajstić information content (AvgIpc) is 2.94. The zero-order chi connectivity index (χ0) is 19.9. The number of nitrogens with zero attached hydrogens (tertiary/aromatic N) is 3. The van der Waals surface area contributed by atoms with Gasteiger partial charge in [0.05, 0.1) is 29.3 Å². The van der Waals surface area contributed by atoms with Gasteiger partial charge >= 0.3 is 5.97 Å². The minimum absolute atomic E-state index is 0.0584. The molecule has 1 aliphatic rings. The standard InChI is InChI=1S/C21H27N3O3S/c1-3-27-21(26)19-8-5-4-7-17(19)13-20(25)24-10-6-9-23(11-12-24)14-18-15-28-16(2)22-18/h4-5,7-8,15H,3,6,9-14H2,1-2H3. The van der Waals surface area contributed by atoms with E-state index in [9.17, 15) is 9.59 Å². The van der Waals surface area contributed by atoms with Gasteiger partial charge < -0.3 is 9.64 Å². The van der Waals surface area contributed by atoms with E-state index in [0.29, 0.717) is 18.7 Å². The Kier molecular flexibility index (Phi) is 7.17. The van der Waals surface area contributed by atoms with Crippen LogP contribution in [0.2, 0.25) is 0 Å². The van der Waals surface area contributed by atoms with Gasteiger partial charge in [0.15, 0.2) is 0 Å². The summed E-state index contributed by atoms with van der Waals surface area (Å²) in [7, 11) is 0. The number of hydrogen-bond acceptors (Lipinski definition) is 6. The van der Waals surface area contributed by atoms with Crippen LogP contribution in [0.25, 0.3) is 0 Å². The molecule has 1 aliphatic heterocycles. The fourth-order valence-electron chi connectivity index (χ4n) is 3.45.